The Bertz CT molecular complexity index is 524. The molecule has 0 radical (unpaired) electrons. The van der Waals surface area contributed by atoms with Gasteiger partial charge in [-0.1, -0.05) is 18.5 Å². The standard InChI is InChI=1S/C14H22ClN5O/c1-2-18-6-3-7-20-11(10-18)12(15)13(17-20)14(21)19-8-4-16-5-9-19/h16H,2-10H2,1H3. The molecular weight excluding hydrogens is 290 g/mol. The summed E-state index contributed by atoms with van der Waals surface area (Å²) in [7, 11) is 0. The van der Waals surface area contributed by atoms with Crippen molar-refractivity contribution in [1.82, 2.24) is 24.9 Å². The van der Waals surface area contributed by atoms with Gasteiger partial charge in [0, 0.05) is 45.8 Å². The molecule has 7 heteroatoms. The maximum absolute atomic E-state index is 12.6. The van der Waals surface area contributed by atoms with Gasteiger partial charge in [-0.3, -0.25) is 14.4 Å². The van der Waals surface area contributed by atoms with Gasteiger partial charge in [-0.2, -0.15) is 5.10 Å². The molecule has 0 bridgehead atoms. The van der Waals surface area contributed by atoms with Gasteiger partial charge in [-0.05, 0) is 13.0 Å². The third-order valence-corrected chi connectivity index (χ3v) is 4.66. The molecule has 3 heterocycles. The molecule has 1 aromatic rings. The molecule has 2 aliphatic heterocycles. The highest BCUT2D eigenvalue weighted by molar-refractivity contribution is 6.34. The minimum Gasteiger partial charge on any atom is -0.335 e. The molecule has 21 heavy (non-hydrogen) atoms. The Kier molecular flexibility index (Phi) is 4.47. The number of nitrogens with zero attached hydrogens (tertiary/aromatic N) is 4. The molecule has 1 aromatic heterocycles. The lowest BCUT2D eigenvalue weighted by atomic mass is 10.2. The maximum Gasteiger partial charge on any atom is 0.276 e. The van der Waals surface area contributed by atoms with Crippen LogP contribution in [0.25, 0.3) is 0 Å². The van der Waals surface area contributed by atoms with E-state index in [4.69, 9.17) is 11.6 Å². The molecule has 116 valence electrons. The molecule has 6 nitrogen and oxygen atoms in total. The van der Waals surface area contributed by atoms with Crippen LogP contribution in [0.5, 0.6) is 0 Å². The van der Waals surface area contributed by atoms with Gasteiger partial charge in [0.05, 0.1) is 10.7 Å². The van der Waals surface area contributed by atoms with Crippen LogP contribution in [0.4, 0.5) is 0 Å². The fraction of sp³-hybridized carbons (Fsp3) is 0.714. The molecule has 1 saturated heterocycles. The molecule has 1 N–H and O–H groups in total. The fourth-order valence-electron chi connectivity index (χ4n) is 2.97. The van der Waals surface area contributed by atoms with E-state index < -0.39 is 0 Å². The average Bonchev–Trinajstić information content (AvgIpc) is 2.72. The number of aryl methyl sites for hydroxylation is 1. The third-order valence-electron chi connectivity index (χ3n) is 4.27. The quantitative estimate of drug-likeness (QED) is 0.878. The summed E-state index contributed by atoms with van der Waals surface area (Å²) < 4.78 is 1.92. The zero-order chi connectivity index (χ0) is 14.8. The van der Waals surface area contributed by atoms with E-state index >= 15 is 0 Å². The first-order valence-electron chi connectivity index (χ1n) is 7.68. The number of rotatable bonds is 2. The minimum absolute atomic E-state index is 0.0369. The largest absolute Gasteiger partial charge is 0.335 e. The van der Waals surface area contributed by atoms with Crippen LogP contribution in [0, 0.1) is 0 Å². The number of hydrogen-bond acceptors (Lipinski definition) is 4. The van der Waals surface area contributed by atoms with E-state index in [0.29, 0.717) is 10.7 Å². The molecule has 0 atom stereocenters. The zero-order valence-electron chi connectivity index (χ0n) is 12.4. The highest BCUT2D eigenvalue weighted by Crippen LogP contribution is 2.26. The number of carbonyl (C=O) groups is 1. The average molecular weight is 312 g/mol. The molecule has 0 spiro atoms. The molecule has 0 aliphatic carbocycles. The first-order valence-corrected chi connectivity index (χ1v) is 8.06. The summed E-state index contributed by atoms with van der Waals surface area (Å²) in [5.74, 6) is -0.0369. The molecule has 0 unspecified atom stereocenters. The van der Waals surface area contributed by atoms with Crippen LogP contribution in [-0.2, 0) is 13.1 Å². The topological polar surface area (TPSA) is 53.4 Å². The van der Waals surface area contributed by atoms with Crippen molar-refractivity contribution in [2.24, 2.45) is 0 Å². The van der Waals surface area contributed by atoms with Gasteiger partial charge in [0.25, 0.3) is 5.91 Å². The Labute approximate surface area is 130 Å². The van der Waals surface area contributed by atoms with Gasteiger partial charge >= 0.3 is 0 Å². The number of amides is 1. The van der Waals surface area contributed by atoms with E-state index in [2.05, 4.69) is 22.2 Å². The Morgan fingerprint density at radius 3 is 2.76 bits per heavy atom. The lowest BCUT2D eigenvalue weighted by Crippen LogP contribution is -2.46. The van der Waals surface area contributed by atoms with Gasteiger partial charge < -0.3 is 10.2 Å². The van der Waals surface area contributed by atoms with Crippen molar-refractivity contribution < 1.29 is 4.79 Å². The van der Waals surface area contributed by atoms with Crippen molar-refractivity contribution in [3.05, 3.63) is 16.4 Å². The van der Waals surface area contributed by atoms with Crippen molar-refractivity contribution in [2.75, 3.05) is 39.3 Å². The van der Waals surface area contributed by atoms with Crippen molar-refractivity contribution in [2.45, 2.75) is 26.4 Å². The van der Waals surface area contributed by atoms with Crippen LogP contribution in [0.2, 0.25) is 5.02 Å². The van der Waals surface area contributed by atoms with Crippen LogP contribution in [0.15, 0.2) is 0 Å². The molecular formula is C14H22ClN5O. The van der Waals surface area contributed by atoms with Crippen LogP contribution >= 0.6 is 11.6 Å². The number of halogens is 1. The molecule has 2 aliphatic rings. The predicted molar refractivity (Wildman–Crippen MR) is 81.6 cm³/mol. The first-order chi connectivity index (χ1) is 10.2. The minimum atomic E-state index is -0.0369. The van der Waals surface area contributed by atoms with E-state index in [0.717, 1.165) is 64.5 Å². The van der Waals surface area contributed by atoms with Crippen LogP contribution < -0.4 is 5.32 Å². The van der Waals surface area contributed by atoms with Gasteiger partial charge in [-0.25, -0.2) is 0 Å². The van der Waals surface area contributed by atoms with E-state index in [1.54, 1.807) is 0 Å². The Morgan fingerprint density at radius 2 is 2.05 bits per heavy atom. The molecule has 3 rings (SSSR count). The van der Waals surface area contributed by atoms with E-state index in [1.165, 1.54) is 0 Å². The molecule has 1 fully saturated rings. The summed E-state index contributed by atoms with van der Waals surface area (Å²) in [6.07, 6.45) is 1.04. The second kappa shape index (κ2) is 6.34. The predicted octanol–water partition coefficient (Wildman–Crippen LogP) is 0.807. The lowest BCUT2D eigenvalue weighted by molar-refractivity contribution is 0.0729. The number of piperazine rings is 1. The zero-order valence-corrected chi connectivity index (χ0v) is 13.2. The summed E-state index contributed by atoms with van der Waals surface area (Å²) in [5, 5.41) is 8.29. The summed E-state index contributed by atoms with van der Waals surface area (Å²) >= 11 is 6.48. The summed E-state index contributed by atoms with van der Waals surface area (Å²) in [5.41, 5.74) is 1.40. The number of hydrogen-bond donors (Lipinski definition) is 1. The van der Waals surface area contributed by atoms with Gasteiger partial charge in [0.15, 0.2) is 5.69 Å². The van der Waals surface area contributed by atoms with E-state index in [-0.39, 0.29) is 5.91 Å². The van der Waals surface area contributed by atoms with E-state index in [9.17, 15) is 4.79 Å². The van der Waals surface area contributed by atoms with Gasteiger partial charge in [0.2, 0.25) is 0 Å². The summed E-state index contributed by atoms with van der Waals surface area (Å²) in [6.45, 7) is 8.90. The Morgan fingerprint density at radius 1 is 1.29 bits per heavy atom. The van der Waals surface area contributed by atoms with E-state index in [1.807, 2.05) is 9.58 Å². The maximum atomic E-state index is 12.6. The van der Waals surface area contributed by atoms with Gasteiger partial charge in [0.1, 0.15) is 0 Å². The monoisotopic (exact) mass is 311 g/mol. The van der Waals surface area contributed by atoms with Crippen LogP contribution in [-0.4, -0.2) is 64.8 Å². The van der Waals surface area contributed by atoms with Crippen molar-refractivity contribution in [3.63, 3.8) is 0 Å². The second-order valence-electron chi connectivity index (χ2n) is 5.60. The normalized spacial score (nSPS) is 20.2. The number of carbonyl (C=O) groups excluding carboxylic acids is 1. The number of nitrogens with one attached hydrogen (secondary N) is 1. The highest BCUT2D eigenvalue weighted by Gasteiger charge is 2.28. The van der Waals surface area contributed by atoms with Gasteiger partial charge in [-0.15, -0.1) is 0 Å². The lowest BCUT2D eigenvalue weighted by Gasteiger charge is -2.26. The Balaban J connectivity index is 1.85. The summed E-state index contributed by atoms with van der Waals surface area (Å²) in [6, 6.07) is 0. The molecule has 0 saturated carbocycles. The Hall–Kier alpha value is -1.11. The number of fused-ring (bicyclic) bond motifs is 1. The van der Waals surface area contributed by atoms with Crippen LogP contribution in [0.3, 0.4) is 0 Å². The smallest absolute Gasteiger partial charge is 0.276 e. The highest BCUT2D eigenvalue weighted by atomic mass is 35.5. The second-order valence-corrected chi connectivity index (χ2v) is 5.97. The summed E-state index contributed by atoms with van der Waals surface area (Å²) in [4.78, 5) is 16.8. The van der Waals surface area contributed by atoms with Crippen molar-refractivity contribution in [1.29, 1.82) is 0 Å². The fourth-order valence-corrected chi connectivity index (χ4v) is 3.25. The third kappa shape index (κ3) is 2.93. The molecule has 1 amide bonds. The van der Waals surface area contributed by atoms with Crippen molar-refractivity contribution >= 4 is 17.5 Å². The first kappa shape index (κ1) is 14.8. The SMILES string of the molecule is CCN1CCCn2nc(C(=O)N3CCNCC3)c(Cl)c2C1. The molecule has 0 aromatic carbocycles. The number of aromatic nitrogens is 2. The van der Waals surface area contributed by atoms with Crippen LogP contribution in [0.1, 0.15) is 29.5 Å². The van der Waals surface area contributed by atoms with Crippen molar-refractivity contribution in [3.8, 4) is 0 Å².